The van der Waals surface area contributed by atoms with Crippen molar-refractivity contribution in [1.82, 2.24) is 5.32 Å². The van der Waals surface area contributed by atoms with Gasteiger partial charge in [-0.15, -0.1) is 0 Å². The zero-order valence-corrected chi connectivity index (χ0v) is 14.4. The highest BCUT2D eigenvalue weighted by atomic mass is 127. The maximum Gasteiger partial charge on any atom is 0.140 e. The van der Waals surface area contributed by atoms with Gasteiger partial charge in [0.15, 0.2) is 0 Å². The van der Waals surface area contributed by atoms with Gasteiger partial charge < -0.3 is 10.1 Å². The summed E-state index contributed by atoms with van der Waals surface area (Å²) >= 11 is 2.23. The minimum atomic E-state index is -0.245. The molecule has 4 heteroatoms. The lowest BCUT2D eigenvalue weighted by Gasteiger charge is -2.18. The van der Waals surface area contributed by atoms with Gasteiger partial charge in [-0.1, -0.05) is 19.1 Å². The minimum Gasteiger partial charge on any atom is -0.456 e. The fourth-order valence-corrected chi connectivity index (χ4v) is 2.56. The van der Waals surface area contributed by atoms with Gasteiger partial charge in [-0.25, -0.2) is 4.39 Å². The average molecular weight is 399 g/mol. The summed E-state index contributed by atoms with van der Waals surface area (Å²) in [5.74, 6) is 1.23. The van der Waals surface area contributed by atoms with Crippen LogP contribution in [0.25, 0.3) is 0 Å². The van der Waals surface area contributed by atoms with Crippen molar-refractivity contribution in [3.05, 3.63) is 57.4 Å². The third kappa shape index (κ3) is 4.41. The zero-order chi connectivity index (χ0) is 15.2. The Morgan fingerprint density at radius 2 is 1.95 bits per heavy atom. The highest BCUT2D eigenvalue weighted by Gasteiger charge is 2.14. The van der Waals surface area contributed by atoms with E-state index in [-0.39, 0.29) is 11.9 Å². The van der Waals surface area contributed by atoms with Crippen molar-refractivity contribution in [3.8, 4) is 11.5 Å². The molecular weight excluding hydrogens is 380 g/mol. The second-order valence-electron chi connectivity index (χ2n) is 4.89. The van der Waals surface area contributed by atoms with Gasteiger partial charge in [0, 0.05) is 11.6 Å². The van der Waals surface area contributed by atoms with Gasteiger partial charge in [0.05, 0.1) is 3.57 Å². The molecule has 0 aliphatic carbocycles. The number of hydrogen-bond acceptors (Lipinski definition) is 2. The first kappa shape index (κ1) is 16.2. The van der Waals surface area contributed by atoms with E-state index in [1.807, 2.05) is 31.2 Å². The predicted octanol–water partition coefficient (Wildman–Crippen LogP) is 5.28. The molecule has 0 saturated carbocycles. The smallest absolute Gasteiger partial charge is 0.140 e. The number of para-hydroxylation sites is 1. The quantitative estimate of drug-likeness (QED) is 0.668. The first-order valence-corrected chi connectivity index (χ1v) is 8.15. The first-order chi connectivity index (χ1) is 10.1. The van der Waals surface area contributed by atoms with Crippen molar-refractivity contribution >= 4 is 22.6 Å². The van der Waals surface area contributed by atoms with Crippen LogP contribution in [0.3, 0.4) is 0 Å². The largest absolute Gasteiger partial charge is 0.456 e. The molecule has 0 saturated heterocycles. The second kappa shape index (κ2) is 7.75. The standard InChI is InChI=1S/C17H19FINO/c1-3-10-20-12(2)14-11-13(18)8-9-16(14)21-17-7-5-4-6-15(17)19/h4-9,11-12,20H,3,10H2,1-2H3. The Morgan fingerprint density at radius 3 is 2.67 bits per heavy atom. The molecule has 2 nitrogen and oxygen atoms in total. The van der Waals surface area contributed by atoms with E-state index in [1.165, 1.54) is 6.07 Å². The van der Waals surface area contributed by atoms with Gasteiger partial charge in [0.1, 0.15) is 17.3 Å². The molecule has 2 aromatic carbocycles. The van der Waals surface area contributed by atoms with Crippen LogP contribution in [0, 0.1) is 9.39 Å². The van der Waals surface area contributed by atoms with E-state index in [0.717, 1.165) is 27.8 Å². The highest BCUT2D eigenvalue weighted by Crippen LogP contribution is 2.32. The average Bonchev–Trinajstić information content (AvgIpc) is 2.48. The molecule has 0 aliphatic heterocycles. The van der Waals surface area contributed by atoms with E-state index in [0.29, 0.717) is 5.75 Å². The van der Waals surface area contributed by atoms with E-state index in [1.54, 1.807) is 12.1 Å². The SMILES string of the molecule is CCCNC(C)c1cc(F)ccc1Oc1ccccc1I. The molecule has 1 unspecified atom stereocenters. The summed E-state index contributed by atoms with van der Waals surface area (Å²) in [5, 5.41) is 3.37. The van der Waals surface area contributed by atoms with E-state index in [9.17, 15) is 4.39 Å². The van der Waals surface area contributed by atoms with Crippen LogP contribution in [0.15, 0.2) is 42.5 Å². The van der Waals surface area contributed by atoms with E-state index >= 15 is 0 Å². The summed E-state index contributed by atoms with van der Waals surface area (Å²) in [6.45, 7) is 5.02. The Balaban J connectivity index is 2.28. The van der Waals surface area contributed by atoms with Gasteiger partial charge >= 0.3 is 0 Å². The van der Waals surface area contributed by atoms with Crippen LogP contribution in [0.1, 0.15) is 31.9 Å². The molecule has 0 aromatic heterocycles. The Morgan fingerprint density at radius 1 is 1.19 bits per heavy atom. The second-order valence-corrected chi connectivity index (χ2v) is 6.05. The first-order valence-electron chi connectivity index (χ1n) is 7.07. The zero-order valence-electron chi connectivity index (χ0n) is 12.2. The van der Waals surface area contributed by atoms with Crippen LogP contribution < -0.4 is 10.1 Å². The van der Waals surface area contributed by atoms with Crippen molar-refractivity contribution in [2.24, 2.45) is 0 Å². The van der Waals surface area contributed by atoms with Crippen LogP contribution in [-0.2, 0) is 0 Å². The monoisotopic (exact) mass is 399 g/mol. The molecule has 0 spiro atoms. The van der Waals surface area contributed by atoms with Gasteiger partial charge in [-0.3, -0.25) is 0 Å². The minimum absolute atomic E-state index is 0.0389. The van der Waals surface area contributed by atoms with Crippen molar-refractivity contribution in [1.29, 1.82) is 0 Å². The van der Waals surface area contributed by atoms with Crippen LogP contribution in [0.2, 0.25) is 0 Å². The summed E-state index contributed by atoms with van der Waals surface area (Å²) in [6, 6.07) is 12.5. The van der Waals surface area contributed by atoms with E-state index < -0.39 is 0 Å². The molecule has 1 N–H and O–H groups in total. The lowest BCUT2D eigenvalue weighted by molar-refractivity contribution is 0.455. The van der Waals surface area contributed by atoms with Crippen molar-refractivity contribution in [2.45, 2.75) is 26.3 Å². The molecule has 2 aromatic rings. The number of nitrogens with one attached hydrogen (secondary N) is 1. The molecule has 0 heterocycles. The fraction of sp³-hybridized carbons (Fsp3) is 0.294. The van der Waals surface area contributed by atoms with Crippen LogP contribution in [0.4, 0.5) is 4.39 Å². The Kier molecular flexibility index (Phi) is 5.99. The molecule has 21 heavy (non-hydrogen) atoms. The number of halogens is 2. The normalized spacial score (nSPS) is 12.2. The van der Waals surface area contributed by atoms with Crippen LogP contribution >= 0.6 is 22.6 Å². The molecule has 0 amide bonds. The molecule has 0 bridgehead atoms. The maximum absolute atomic E-state index is 13.6. The van der Waals surface area contributed by atoms with Gasteiger partial charge in [-0.05, 0) is 72.8 Å². The molecule has 112 valence electrons. The van der Waals surface area contributed by atoms with Crippen molar-refractivity contribution in [3.63, 3.8) is 0 Å². The Bertz CT molecular complexity index is 603. The van der Waals surface area contributed by atoms with Gasteiger partial charge in [0.25, 0.3) is 0 Å². The summed E-state index contributed by atoms with van der Waals surface area (Å²) < 4.78 is 20.6. The number of rotatable bonds is 6. The number of hydrogen-bond donors (Lipinski definition) is 1. The van der Waals surface area contributed by atoms with Crippen LogP contribution in [0.5, 0.6) is 11.5 Å². The lowest BCUT2D eigenvalue weighted by Crippen LogP contribution is -2.20. The number of benzene rings is 2. The fourth-order valence-electron chi connectivity index (χ4n) is 2.07. The van der Waals surface area contributed by atoms with Crippen molar-refractivity contribution in [2.75, 3.05) is 6.54 Å². The van der Waals surface area contributed by atoms with Gasteiger partial charge in [0.2, 0.25) is 0 Å². The molecule has 0 radical (unpaired) electrons. The summed E-state index contributed by atoms with van der Waals surface area (Å²) in [4.78, 5) is 0. The van der Waals surface area contributed by atoms with E-state index in [2.05, 4.69) is 34.8 Å². The summed E-state index contributed by atoms with van der Waals surface area (Å²) in [7, 11) is 0. The Labute approximate surface area is 138 Å². The third-order valence-corrected chi connectivity index (χ3v) is 4.09. The van der Waals surface area contributed by atoms with E-state index in [4.69, 9.17) is 4.74 Å². The summed E-state index contributed by atoms with van der Waals surface area (Å²) in [5.41, 5.74) is 0.836. The molecule has 0 fully saturated rings. The van der Waals surface area contributed by atoms with Crippen LogP contribution in [-0.4, -0.2) is 6.54 Å². The topological polar surface area (TPSA) is 21.3 Å². The lowest BCUT2D eigenvalue weighted by atomic mass is 10.1. The third-order valence-electron chi connectivity index (χ3n) is 3.20. The summed E-state index contributed by atoms with van der Waals surface area (Å²) in [6.07, 6.45) is 1.03. The Hall–Kier alpha value is -1.14. The highest BCUT2D eigenvalue weighted by molar-refractivity contribution is 14.1. The molecule has 2 rings (SSSR count). The predicted molar refractivity (Wildman–Crippen MR) is 92.3 cm³/mol. The van der Waals surface area contributed by atoms with Crippen molar-refractivity contribution < 1.29 is 9.13 Å². The number of ether oxygens (including phenoxy) is 1. The molecule has 0 aliphatic rings. The molecule has 1 atom stereocenters. The van der Waals surface area contributed by atoms with Gasteiger partial charge in [-0.2, -0.15) is 0 Å². The molecular formula is C17H19FINO. The maximum atomic E-state index is 13.6.